The molecule has 4 atom stereocenters. The number of nitrogens with zero attached hydrogens (tertiary/aromatic N) is 4. The van der Waals surface area contributed by atoms with Gasteiger partial charge in [-0.2, -0.15) is 22.5 Å². The first-order chi connectivity index (χ1) is 22.6. The number of halogens is 4. The minimum absolute atomic E-state index is 0.0136. The lowest BCUT2D eigenvalue weighted by Gasteiger charge is -2.36. The van der Waals surface area contributed by atoms with Gasteiger partial charge in [-0.15, -0.1) is 0 Å². The Labute approximate surface area is 275 Å². The third-order valence-electron chi connectivity index (χ3n) is 8.55. The number of alkyl halides is 3. The molecule has 0 spiro atoms. The van der Waals surface area contributed by atoms with Gasteiger partial charge in [0.15, 0.2) is 0 Å². The van der Waals surface area contributed by atoms with E-state index in [0.29, 0.717) is 36.8 Å². The lowest BCUT2D eigenvalue weighted by atomic mass is 10.0. The monoisotopic (exact) mass is 696 g/mol. The average Bonchev–Trinajstić information content (AvgIpc) is 3.38. The molecule has 1 aliphatic heterocycles. The maximum Gasteiger partial charge on any atom is 0.423 e. The topological polar surface area (TPSA) is 135 Å². The smallest absolute Gasteiger partial charge is 0.423 e. The van der Waals surface area contributed by atoms with Crippen LogP contribution in [0.2, 0.25) is 0 Å². The van der Waals surface area contributed by atoms with Gasteiger partial charge in [0.1, 0.15) is 23.2 Å². The molecule has 17 heteroatoms. The second kappa shape index (κ2) is 13.8. The fraction of sp³-hybridized carbons (Fsp3) is 0.452. The molecule has 0 radical (unpaired) electrons. The van der Waals surface area contributed by atoms with Crippen molar-refractivity contribution in [1.29, 1.82) is 0 Å². The number of anilines is 2. The average molecular weight is 697 g/mol. The lowest BCUT2D eigenvalue weighted by Crippen LogP contribution is -2.53. The van der Waals surface area contributed by atoms with Crippen LogP contribution in [0.4, 0.5) is 29.2 Å². The van der Waals surface area contributed by atoms with Crippen LogP contribution in [0, 0.1) is 5.82 Å². The van der Waals surface area contributed by atoms with Crippen molar-refractivity contribution in [3.63, 3.8) is 0 Å². The van der Waals surface area contributed by atoms with E-state index in [1.165, 1.54) is 21.3 Å². The van der Waals surface area contributed by atoms with E-state index in [1.807, 2.05) is 7.05 Å². The van der Waals surface area contributed by atoms with Crippen LogP contribution < -0.4 is 20.1 Å². The Balaban J connectivity index is 1.43. The Hall–Kier alpha value is -4.06. The fourth-order valence-electron chi connectivity index (χ4n) is 5.97. The Morgan fingerprint density at radius 3 is 2.54 bits per heavy atom. The number of sulfonamides is 1. The largest absolute Gasteiger partial charge is 0.495 e. The molecule has 3 aromatic rings. The minimum Gasteiger partial charge on any atom is -0.495 e. The molecule has 1 fully saturated rings. The molecule has 1 amide bonds. The van der Waals surface area contributed by atoms with E-state index in [4.69, 9.17) is 14.2 Å². The summed E-state index contributed by atoms with van der Waals surface area (Å²) in [5.74, 6) is -2.89. The fourth-order valence-corrected chi connectivity index (χ4v) is 6.63. The predicted molar refractivity (Wildman–Crippen MR) is 167 cm³/mol. The molecule has 1 aliphatic carbocycles. The number of methoxy groups -OCH3 is 2. The van der Waals surface area contributed by atoms with Crippen molar-refractivity contribution in [3.8, 4) is 11.6 Å². The molecule has 1 unspecified atom stereocenters. The van der Waals surface area contributed by atoms with Crippen LogP contribution in [0.5, 0.6) is 11.6 Å². The molecule has 260 valence electrons. The highest BCUT2D eigenvalue weighted by Gasteiger charge is 2.43. The predicted octanol–water partition coefficient (Wildman–Crippen LogP) is 3.77. The quantitative estimate of drug-likeness (QED) is 0.302. The Morgan fingerprint density at radius 1 is 1.15 bits per heavy atom. The number of hydrogen-bond acceptors (Lipinski definition) is 10. The lowest BCUT2D eigenvalue weighted by molar-refractivity contribution is -0.140. The van der Waals surface area contributed by atoms with Gasteiger partial charge < -0.3 is 29.7 Å². The van der Waals surface area contributed by atoms with Crippen molar-refractivity contribution >= 4 is 27.6 Å². The number of fused-ring (bicyclic) bond motifs is 1. The van der Waals surface area contributed by atoms with Gasteiger partial charge in [0, 0.05) is 39.4 Å². The number of aromatic nitrogens is 2. The van der Waals surface area contributed by atoms with Gasteiger partial charge >= 0.3 is 6.18 Å². The first-order valence-electron chi connectivity index (χ1n) is 14.9. The molecule has 0 saturated carbocycles. The highest BCUT2D eigenvalue weighted by Crippen LogP contribution is 2.42. The first-order valence-corrected chi connectivity index (χ1v) is 16.7. The number of rotatable bonds is 10. The maximum absolute atomic E-state index is 15.4. The number of hydrogen-bond donors (Lipinski definition) is 2. The molecule has 12 nitrogen and oxygen atoms in total. The van der Waals surface area contributed by atoms with E-state index in [1.54, 1.807) is 24.3 Å². The summed E-state index contributed by atoms with van der Waals surface area (Å²) >= 11 is 0. The van der Waals surface area contributed by atoms with Crippen LogP contribution in [-0.2, 0) is 27.4 Å². The van der Waals surface area contributed by atoms with Crippen molar-refractivity contribution in [2.75, 3.05) is 53.0 Å². The molecular weight excluding hydrogens is 660 g/mol. The Kier molecular flexibility index (Phi) is 10.1. The van der Waals surface area contributed by atoms with E-state index in [-0.39, 0.29) is 35.6 Å². The number of ether oxygens (including phenoxy) is 3. The number of piperidine rings is 1. The summed E-state index contributed by atoms with van der Waals surface area (Å²) in [4.78, 5) is 22.9. The number of amides is 1. The summed E-state index contributed by atoms with van der Waals surface area (Å²) in [6, 6.07) is 7.68. The summed E-state index contributed by atoms with van der Waals surface area (Å²) in [6.45, 7) is 1.29. The second-order valence-corrected chi connectivity index (χ2v) is 13.8. The molecule has 2 N–H and O–H groups in total. The number of benzene rings is 2. The molecule has 0 bridgehead atoms. The van der Waals surface area contributed by atoms with E-state index in [0.717, 1.165) is 22.7 Å². The van der Waals surface area contributed by atoms with Crippen LogP contribution in [0.25, 0.3) is 0 Å². The van der Waals surface area contributed by atoms with Crippen LogP contribution in [-0.4, -0.2) is 99.4 Å². The van der Waals surface area contributed by atoms with Gasteiger partial charge in [-0.25, -0.2) is 17.8 Å². The van der Waals surface area contributed by atoms with Crippen LogP contribution in [0.3, 0.4) is 0 Å². The molecule has 2 heterocycles. The normalized spacial score (nSPS) is 21.5. The van der Waals surface area contributed by atoms with E-state index < -0.39 is 57.5 Å². The summed E-state index contributed by atoms with van der Waals surface area (Å²) < 4.78 is 100. The molecule has 2 aromatic carbocycles. The van der Waals surface area contributed by atoms with Gasteiger partial charge in [-0.05, 0) is 37.2 Å². The molecular formula is C31H36F4N6O6S. The minimum atomic E-state index is -4.92. The Bertz CT molecular complexity index is 1780. The molecule has 2 aliphatic rings. The van der Waals surface area contributed by atoms with E-state index in [9.17, 15) is 26.4 Å². The summed E-state index contributed by atoms with van der Waals surface area (Å²) in [6.07, 6.45) is -4.09. The van der Waals surface area contributed by atoms with Gasteiger partial charge in [-0.1, -0.05) is 24.3 Å². The Morgan fingerprint density at radius 2 is 1.88 bits per heavy atom. The number of carbonyl (C=O) groups excluding carboxylic acids is 1. The zero-order chi connectivity index (χ0) is 35.0. The number of nitrogens with one attached hydrogen (secondary N) is 2. The van der Waals surface area contributed by atoms with E-state index in [2.05, 4.69) is 25.5 Å². The third kappa shape index (κ3) is 7.48. The molecule has 1 aromatic heterocycles. The van der Waals surface area contributed by atoms with Crippen molar-refractivity contribution in [2.24, 2.45) is 0 Å². The van der Waals surface area contributed by atoms with Gasteiger partial charge in [0.25, 0.3) is 5.91 Å². The highest BCUT2D eigenvalue weighted by atomic mass is 32.2. The zero-order valence-corrected chi connectivity index (χ0v) is 27.7. The SMILES string of the molecule is COc1cc(C(=O)NC2CCN(C)C[C@@H]2OC)c(F)cc1Nc1ncc(C(F)(F)F)c(O[C@@H]2Cc3ccccc3[C@H]2N(C)S(C)(=O)=O)n1. The van der Waals surface area contributed by atoms with Gasteiger partial charge in [0.05, 0.1) is 42.8 Å². The van der Waals surface area contributed by atoms with Crippen LogP contribution in [0.15, 0.2) is 42.6 Å². The number of carbonyl (C=O) groups is 1. The van der Waals surface area contributed by atoms with Crippen molar-refractivity contribution in [3.05, 3.63) is 70.7 Å². The van der Waals surface area contributed by atoms with Crippen molar-refractivity contribution in [1.82, 2.24) is 24.5 Å². The van der Waals surface area contributed by atoms with E-state index >= 15 is 4.39 Å². The summed E-state index contributed by atoms with van der Waals surface area (Å²) in [7, 11) is 2.28. The number of likely N-dealkylation sites (tertiary alicyclic amines) is 1. The second-order valence-electron chi connectivity index (χ2n) is 11.8. The zero-order valence-electron chi connectivity index (χ0n) is 26.8. The molecule has 1 saturated heterocycles. The number of likely N-dealkylation sites (N-methyl/N-ethyl adjacent to an activating group) is 2. The standard InChI is InChI=1S/C31H36F4N6O6S/c1-40-11-10-22(26(16-40)46-4)37-28(42)19-13-24(45-3)23(14-21(19)32)38-30-36-15-20(31(33,34)35)29(39-30)47-25-12-17-8-6-7-9-18(17)27(25)41(2)48(5,43)44/h6-9,13-15,22,25-27H,10-12,16H2,1-5H3,(H,37,42)(H,36,38,39)/t22?,25-,26+,27-/m1/s1. The summed E-state index contributed by atoms with van der Waals surface area (Å²) in [5, 5.41) is 5.47. The first kappa shape index (κ1) is 35.3. The van der Waals surface area contributed by atoms with Gasteiger partial charge in [-0.3, -0.25) is 4.79 Å². The maximum atomic E-state index is 15.4. The van der Waals surface area contributed by atoms with Crippen molar-refractivity contribution < 1.29 is 45.0 Å². The van der Waals surface area contributed by atoms with Crippen LogP contribution >= 0.6 is 0 Å². The van der Waals surface area contributed by atoms with Crippen LogP contribution in [0.1, 0.15) is 39.5 Å². The highest BCUT2D eigenvalue weighted by molar-refractivity contribution is 7.88. The summed E-state index contributed by atoms with van der Waals surface area (Å²) in [5.41, 5.74) is -0.381. The van der Waals surface area contributed by atoms with Gasteiger partial charge in [0.2, 0.25) is 21.9 Å². The molecule has 48 heavy (non-hydrogen) atoms. The third-order valence-corrected chi connectivity index (χ3v) is 9.82. The molecule has 5 rings (SSSR count). The van der Waals surface area contributed by atoms with Crippen molar-refractivity contribution in [2.45, 2.75) is 43.3 Å².